The van der Waals surface area contributed by atoms with Crippen LogP contribution >= 0.6 is 0 Å². The first-order valence-electron chi connectivity index (χ1n) is 16.7. The number of aromatic nitrogens is 3. The highest BCUT2D eigenvalue weighted by molar-refractivity contribution is 6.49. The zero-order chi connectivity index (χ0) is 34.9. The molecule has 3 aromatic heterocycles. The van der Waals surface area contributed by atoms with Gasteiger partial charge in [0.1, 0.15) is 11.7 Å². The molecule has 38 heavy (non-hydrogen) atoms. The molecule has 1 atom stereocenters. The SMILES string of the molecule is [2H]C1([2H])N(C(=O)C2Cn3c(F)cc4c(C5=C(c6cnc7ccccn67)C(=O)NC5=O)ccc(c43)CN2)C([2H])([2H])C([2H])([2H])C([2H])([2H])C1([2H])[2H]. The number of halogens is 1. The number of pyridine rings is 1. The van der Waals surface area contributed by atoms with Crippen LogP contribution in [0.1, 0.15) is 49.6 Å². The Labute approximate surface area is 231 Å². The number of carbonyl (C=O) groups excluding carboxylic acids is 3. The van der Waals surface area contributed by atoms with E-state index in [9.17, 15) is 14.4 Å². The Morgan fingerprint density at radius 3 is 2.74 bits per heavy atom. The van der Waals surface area contributed by atoms with Gasteiger partial charge >= 0.3 is 0 Å². The molecule has 3 aliphatic rings. The Morgan fingerprint density at radius 1 is 1.08 bits per heavy atom. The standard InChI is InChI=1S/C28H25FN6O3/c29-21-12-18-17(23-24(27(37)32-26(23)36)20-14-31-22-6-2-5-11-34(20)22)8-7-16-13-30-19(15-35(21)25(16)18)28(38)33-9-3-1-4-10-33/h2,5-8,11-12,14,19,30H,1,3-4,9-10,13,15H2,(H,32,36,37)/i1D2,3D2,4D2,9D2,10D2. The van der Waals surface area contributed by atoms with Crippen LogP contribution in [0.15, 0.2) is 48.8 Å². The summed E-state index contributed by atoms with van der Waals surface area (Å²) in [5, 5.41) is 5.28. The van der Waals surface area contributed by atoms with Gasteiger partial charge in [0, 0.05) is 57.4 Å². The van der Waals surface area contributed by atoms with Crippen molar-refractivity contribution >= 4 is 45.4 Å². The minimum Gasteiger partial charge on any atom is -0.341 e. The minimum absolute atomic E-state index is 0.0000680. The number of hydrogen-bond donors (Lipinski definition) is 2. The lowest BCUT2D eigenvalue weighted by molar-refractivity contribution is -0.134. The molecule has 0 radical (unpaired) electrons. The summed E-state index contributed by atoms with van der Waals surface area (Å²) in [5.41, 5.74) is 1.57. The van der Waals surface area contributed by atoms with Crippen LogP contribution < -0.4 is 10.6 Å². The quantitative estimate of drug-likeness (QED) is 0.403. The Bertz CT molecular complexity index is 2110. The maximum atomic E-state index is 15.8. The van der Waals surface area contributed by atoms with E-state index >= 15 is 4.39 Å². The summed E-state index contributed by atoms with van der Waals surface area (Å²) in [7, 11) is 0. The summed E-state index contributed by atoms with van der Waals surface area (Å²) in [6, 6.07) is 7.68. The Balaban J connectivity index is 1.34. The third kappa shape index (κ3) is 3.40. The summed E-state index contributed by atoms with van der Waals surface area (Å²) in [5.74, 6) is -3.81. The molecule has 4 aromatic rings. The molecule has 0 spiro atoms. The molecule has 2 N–H and O–H groups in total. The van der Waals surface area contributed by atoms with E-state index in [2.05, 4.69) is 15.6 Å². The molecular formula is C28H25FN6O3. The van der Waals surface area contributed by atoms with Crippen molar-refractivity contribution in [2.45, 2.75) is 38.3 Å². The number of imide groups is 1. The maximum absolute atomic E-state index is 15.8. The zero-order valence-electron chi connectivity index (χ0n) is 29.5. The molecule has 0 aliphatic carbocycles. The van der Waals surface area contributed by atoms with E-state index in [0.717, 1.165) is 10.6 Å². The van der Waals surface area contributed by atoms with E-state index in [1.54, 1.807) is 28.8 Å². The van der Waals surface area contributed by atoms with Crippen molar-refractivity contribution in [3.05, 3.63) is 71.6 Å². The number of amides is 3. The molecule has 1 fully saturated rings. The van der Waals surface area contributed by atoms with Gasteiger partial charge in [-0.15, -0.1) is 0 Å². The van der Waals surface area contributed by atoms with Gasteiger partial charge in [0.25, 0.3) is 11.8 Å². The first-order valence-corrected chi connectivity index (χ1v) is 11.7. The molecule has 7 rings (SSSR count). The largest absolute Gasteiger partial charge is 0.341 e. The van der Waals surface area contributed by atoms with E-state index in [4.69, 9.17) is 13.7 Å². The van der Waals surface area contributed by atoms with Gasteiger partial charge in [-0.25, -0.2) is 4.98 Å². The molecule has 1 aromatic carbocycles. The van der Waals surface area contributed by atoms with E-state index in [0.29, 0.717) is 16.9 Å². The fraction of sp³-hybridized carbons (Fsp3) is 0.286. The summed E-state index contributed by atoms with van der Waals surface area (Å²) >= 11 is 0. The first-order chi connectivity index (χ1) is 22.3. The fourth-order valence-electron chi connectivity index (χ4n) is 5.17. The van der Waals surface area contributed by atoms with E-state index in [1.165, 1.54) is 18.3 Å². The topological polar surface area (TPSA) is 101 Å². The van der Waals surface area contributed by atoms with Crippen molar-refractivity contribution in [2.75, 3.05) is 13.0 Å². The third-order valence-electron chi connectivity index (χ3n) is 6.85. The highest BCUT2D eigenvalue weighted by Gasteiger charge is 2.36. The molecular weight excluding hydrogens is 487 g/mol. The molecule has 192 valence electrons. The number of rotatable bonds is 3. The number of benzene rings is 1. The molecule has 6 heterocycles. The lowest BCUT2D eigenvalue weighted by Gasteiger charge is -2.30. The van der Waals surface area contributed by atoms with Crippen molar-refractivity contribution in [3.63, 3.8) is 0 Å². The van der Waals surface area contributed by atoms with E-state index < -0.39 is 68.4 Å². The number of hydrogen-bond acceptors (Lipinski definition) is 5. The van der Waals surface area contributed by atoms with Crippen LogP contribution in [0.5, 0.6) is 0 Å². The average Bonchev–Trinajstić information content (AvgIpc) is 3.60. The number of carbonyl (C=O) groups is 3. The van der Waals surface area contributed by atoms with Crippen molar-refractivity contribution in [1.29, 1.82) is 0 Å². The highest BCUT2D eigenvalue weighted by Crippen LogP contribution is 2.38. The fourth-order valence-corrected chi connectivity index (χ4v) is 5.17. The molecule has 3 amide bonds. The molecule has 9 nitrogen and oxygen atoms in total. The van der Waals surface area contributed by atoms with Crippen LogP contribution in [-0.2, 0) is 27.5 Å². The summed E-state index contributed by atoms with van der Waals surface area (Å²) in [6.07, 6.45) is -8.05. The predicted octanol–water partition coefficient (Wildman–Crippen LogP) is 2.48. The molecule has 10 heteroatoms. The molecule has 3 aliphatic heterocycles. The van der Waals surface area contributed by atoms with E-state index in [-0.39, 0.29) is 39.1 Å². The van der Waals surface area contributed by atoms with Crippen molar-refractivity contribution in [3.8, 4) is 0 Å². The van der Waals surface area contributed by atoms with Crippen molar-refractivity contribution in [1.82, 2.24) is 29.5 Å². The third-order valence-corrected chi connectivity index (χ3v) is 6.85. The van der Waals surface area contributed by atoms with E-state index in [1.807, 2.05) is 0 Å². The second-order valence-electron chi connectivity index (χ2n) is 8.92. The van der Waals surface area contributed by atoms with Crippen LogP contribution in [-0.4, -0.2) is 55.6 Å². The second-order valence-corrected chi connectivity index (χ2v) is 8.92. The van der Waals surface area contributed by atoms with Gasteiger partial charge in [-0.05, 0) is 42.4 Å². The predicted molar refractivity (Wildman–Crippen MR) is 138 cm³/mol. The van der Waals surface area contributed by atoms with Crippen molar-refractivity contribution in [2.24, 2.45) is 0 Å². The smallest absolute Gasteiger partial charge is 0.261 e. The van der Waals surface area contributed by atoms with Gasteiger partial charge < -0.3 is 14.8 Å². The Hall–Kier alpha value is -4.31. The lowest BCUT2D eigenvalue weighted by Crippen LogP contribution is -2.49. The van der Waals surface area contributed by atoms with Gasteiger partial charge in [-0.1, -0.05) is 18.2 Å². The molecule has 0 saturated carbocycles. The number of nitrogens with one attached hydrogen (secondary N) is 2. The molecule has 0 bridgehead atoms. The summed E-state index contributed by atoms with van der Waals surface area (Å²) in [4.78, 5) is 44.3. The monoisotopic (exact) mass is 522 g/mol. The van der Waals surface area contributed by atoms with Crippen LogP contribution in [0.2, 0.25) is 0 Å². The van der Waals surface area contributed by atoms with Crippen LogP contribution in [0.3, 0.4) is 0 Å². The summed E-state index contributed by atoms with van der Waals surface area (Å²) < 4.78 is 101. The average molecular weight is 523 g/mol. The van der Waals surface area contributed by atoms with Gasteiger partial charge in [0.15, 0.2) is 5.95 Å². The molecule has 1 saturated heterocycles. The van der Waals surface area contributed by atoms with Gasteiger partial charge in [-0.3, -0.25) is 24.1 Å². The molecule has 1 unspecified atom stereocenters. The van der Waals surface area contributed by atoms with Gasteiger partial charge in [-0.2, -0.15) is 4.39 Å². The Morgan fingerprint density at radius 2 is 1.89 bits per heavy atom. The highest BCUT2D eigenvalue weighted by atomic mass is 19.1. The van der Waals surface area contributed by atoms with Crippen molar-refractivity contribution < 1.29 is 32.5 Å². The van der Waals surface area contributed by atoms with Gasteiger partial charge in [0.2, 0.25) is 5.91 Å². The number of nitrogens with zero attached hydrogens (tertiary/aromatic N) is 4. The van der Waals surface area contributed by atoms with Crippen LogP contribution in [0.25, 0.3) is 27.7 Å². The zero-order valence-corrected chi connectivity index (χ0v) is 19.5. The maximum Gasteiger partial charge on any atom is 0.261 e. The number of imidazole rings is 1. The number of likely N-dealkylation sites (tertiary alicyclic amines) is 1. The summed E-state index contributed by atoms with van der Waals surface area (Å²) in [6.45, 7) is -8.16. The number of fused-ring (bicyclic) bond motifs is 1. The van der Waals surface area contributed by atoms with Gasteiger partial charge in [0.05, 0.1) is 28.6 Å². The lowest BCUT2D eigenvalue weighted by atomic mass is 9.95. The minimum atomic E-state index is -3.72. The first kappa shape index (κ1) is 14.6. The number of piperidine rings is 1. The Kier molecular flexibility index (Phi) is 3.31. The van der Waals surface area contributed by atoms with Crippen LogP contribution in [0.4, 0.5) is 4.39 Å². The second kappa shape index (κ2) is 8.63. The van der Waals surface area contributed by atoms with Crippen LogP contribution in [0, 0.1) is 5.95 Å². The normalized spacial score (nSPS) is 30.4.